The van der Waals surface area contributed by atoms with E-state index in [-0.39, 0.29) is 18.4 Å². The standard InChI is InChI=1S/C19H21BrN2O4/c1-3-25-16-9-8-13(10-17(16)26-4-2)19(24)21-12-18(23)22-15-7-5-6-14(20)11-15/h5-11H,3-4,12H2,1-2H3,(H,21,24)(H,22,23). The molecular weight excluding hydrogens is 400 g/mol. The van der Waals surface area contributed by atoms with Crippen LogP contribution in [0.1, 0.15) is 24.2 Å². The van der Waals surface area contributed by atoms with Gasteiger partial charge in [-0.1, -0.05) is 22.0 Å². The van der Waals surface area contributed by atoms with Crippen LogP contribution in [0.3, 0.4) is 0 Å². The molecule has 0 fully saturated rings. The van der Waals surface area contributed by atoms with Gasteiger partial charge in [0, 0.05) is 15.7 Å². The van der Waals surface area contributed by atoms with Gasteiger partial charge in [0.2, 0.25) is 5.91 Å². The van der Waals surface area contributed by atoms with Crippen LogP contribution in [-0.4, -0.2) is 31.6 Å². The van der Waals surface area contributed by atoms with E-state index in [1.165, 1.54) is 0 Å². The Morgan fingerprint density at radius 3 is 2.42 bits per heavy atom. The average Bonchev–Trinajstić information content (AvgIpc) is 2.61. The minimum absolute atomic E-state index is 0.136. The number of carbonyl (C=O) groups excluding carboxylic acids is 2. The molecule has 6 nitrogen and oxygen atoms in total. The van der Waals surface area contributed by atoms with Crippen LogP contribution in [0.25, 0.3) is 0 Å². The third-order valence-corrected chi connectivity index (χ3v) is 3.82. The first-order valence-corrected chi connectivity index (χ1v) is 9.06. The monoisotopic (exact) mass is 420 g/mol. The van der Waals surface area contributed by atoms with E-state index < -0.39 is 0 Å². The third-order valence-electron chi connectivity index (χ3n) is 3.32. The van der Waals surface area contributed by atoms with Gasteiger partial charge in [-0.2, -0.15) is 0 Å². The molecule has 2 aromatic carbocycles. The molecule has 0 unspecified atom stereocenters. The normalized spacial score (nSPS) is 10.1. The van der Waals surface area contributed by atoms with Crippen LogP contribution in [0.2, 0.25) is 0 Å². The van der Waals surface area contributed by atoms with E-state index in [9.17, 15) is 9.59 Å². The second-order valence-electron chi connectivity index (χ2n) is 5.27. The molecule has 0 saturated heterocycles. The van der Waals surface area contributed by atoms with Gasteiger partial charge in [-0.3, -0.25) is 9.59 Å². The molecule has 2 rings (SSSR count). The van der Waals surface area contributed by atoms with Crippen molar-refractivity contribution in [2.45, 2.75) is 13.8 Å². The Balaban J connectivity index is 1.96. The number of rotatable bonds is 8. The summed E-state index contributed by atoms with van der Waals surface area (Å²) in [5.41, 5.74) is 1.05. The summed E-state index contributed by atoms with van der Waals surface area (Å²) in [6.45, 7) is 4.55. The molecule has 26 heavy (non-hydrogen) atoms. The van der Waals surface area contributed by atoms with Gasteiger partial charge in [0.15, 0.2) is 11.5 Å². The van der Waals surface area contributed by atoms with Gasteiger partial charge in [-0.25, -0.2) is 0 Å². The lowest BCUT2D eigenvalue weighted by molar-refractivity contribution is -0.115. The van der Waals surface area contributed by atoms with Gasteiger partial charge in [0.25, 0.3) is 5.91 Å². The predicted octanol–water partition coefficient (Wildman–Crippen LogP) is 3.62. The van der Waals surface area contributed by atoms with Crippen molar-refractivity contribution in [1.82, 2.24) is 5.32 Å². The lowest BCUT2D eigenvalue weighted by atomic mass is 10.2. The van der Waals surface area contributed by atoms with Crippen molar-refractivity contribution in [3.8, 4) is 11.5 Å². The highest BCUT2D eigenvalue weighted by Gasteiger charge is 2.12. The first kappa shape index (κ1) is 19.8. The minimum atomic E-state index is -0.363. The maximum absolute atomic E-state index is 12.3. The van der Waals surface area contributed by atoms with Crippen molar-refractivity contribution in [2.75, 3.05) is 25.1 Å². The van der Waals surface area contributed by atoms with E-state index in [4.69, 9.17) is 9.47 Å². The number of hydrogen-bond acceptors (Lipinski definition) is 4. The molecule has 0 radical (unpaired) electrons. The zero-order chi connectivity index (χ0) is 18.9. The molecule has 0 saturated carbocycles. The van der Waals surface area contributed by atoms with Crippen LogP contribution in [0.5, 0.6) is 11.5 Å². The fourth-order valence-electron chi connectivity index (χ4n) is 2.23. The largest absolute Gasteiger partial charge is 0.490 e. The predicted molar refractivity (Wildman–Crippen MR) is 104 cm³/mol. The quantitative estimate of drug-likeness (QED) is 0.683. The average molecular weight is 421 g/mol. The number of benzene rings is 2. The highest BCUT2D eigenvalue weighted by Crippen LogP contribution is 2.28. The molecule has 0 heterocycles. The molecule has 0 bridgehead atoms. The molecule has 0 aliphatic rings. The van der Waals surface area contributed by atoms with E-state index in [1.54, 1.807) is 30.3 Å². The summed E-state index contributed by atoms with van der Waals surface area (Å²) in [5.74, 6) is 0.407. The van der Waals surface area contributed by atoms with Crippen molar-refractivity contribution in [2.24, 2.45) is 0 Å². The molecular formula is C19H21BrN2O4. The fraction of sp³-hybridized carbons (Fsp3) is 0.263. The zero-order valence-electron chi connectivity index (χ0n) is 14.7. The second kappa shape index (κ2) is 9.82. The molecule has 0 aromatic heterocycles. The Bertz CT molecular complexity index is 780. The van der Waals surface area contributed by atoms with Crippen LogP contribution >= 0.6 is 15.9 Å². The molecule has 2 aromatic rings. The molecule has 7 heteroatoms. The van der Waals surface area contributed by atoms with Gasteiger partial charge in [-0.15, -0.1) is 0 Å². The van der Waals surface area contributed by atoms with E-state index >= 15 is 0 Å². The SMILES string of the molecule is CCOc1ccc(C(=O)NCC(=O)Nc2cccc(Br)c2)cc1OCC. The third kappa shape index (κ3) is 5.77. The van der Waals surface area contributed by atoms with Crippen molar-refractivity contribution in [1.29, 1.82) is 0 Å². The van der Waals surface area contributed by atoms with Gasteiger partial charge in [0.1, 0.15) is 0 Å². The molecule has 138 valence electrons. The Morgan fingerprint density at radius 1 is 1.00 bits per heavy atom. The van der Waals surface area contributed by atoms with Crippen molar-refractivity contribution >= 4 is 33.4 Å². The molecule has 0 aliphatic heterocycles. The van der Waals surface area contributed by atoms with E-state index in [1.807, 2.05) is 26.0 Å². The van der Waals surface area contributed by atoms with E-state index in [2.05, 4.69) is 26.6 Å². The number of ether oxygens (including phenoxy) is 2. The Kier molecular flexibility index (Phi) is 7.47. The Labute approximate surface area is 161 Å². The second-order valence-corrected chi connectivity index (χ2v) is 6.18. The smallest absolute Gasteiger partial charge is 0.251 e. The van der Waals surface area contributed by atoms with Crippen LogP contribution in [0, 0.1) is 0 Å². The maximum atomic E-state index is 12.3. The van der Waals surface area contributed by atoms with Gasteiger partial charge in [-0.05, 0) is 50.2 Å². The number of anilines is 1. The molecule has 2 amide bonds. The Hall–Kier alpha value is -2.54. The maximum Gasteiger partial charge on any atom is 0.251 e. The first-order valence-electron chi connectivity index (χ1n) is 8.26. The lowest BCUT2D eigenvalue weighted by Gasteiger charge is -2.12. The van der Waals surface area contributed by atoms with Gasteiger partial charge in [0.05, 0.1) is 19.8 Å². The lowest BCUT2D eigenvalue weighted by Crippen LogP contribution is -2.32. The number of carbonyl (C=O) groups is 2. The minimum Gasteiger partial charge on any atom is -0.490 e. The van der Waals surface area contributed by atoms with E-state index in [0.717, 1.165) is 4.47 Å². The molecule has 2 N–H and O–H groups in total. The van der Waals surface area contributed by atoms with Crippen LogP contribution < -0.4 is 20.1 Å². The number of nitrogens with one attached hydrogen (secondary N) is 2. The Morgan fingerprint density at radius 2 is 1.73 bits per heavy atom. The number of amides is 2. The van der Waals surface area contributed by atoms with Crippen LogP contribution in [-0.2, 0) is 4.79 Å². The zero-order valence-corrected chi connectivity index (χ0v) is 16.3. The van der Waals surface area contributed by atoms with Crippen molar-refractivity contribution in [3.05, 3.63) is 52.5 Å². The summed E-state index contributed by atoms with van der Waals surface area (Å²) in [5, 5.41) is 5.31. The van der Waals surface area contributed by atoms with E-state index in [0.29, 0.717) is 36.0 Å². The summed E-state index contributed by atoms with van der Waals surface area (Å²) < 4.78 is 11.8. The summed E-state index contributed by atoms with van der Waals surface area (Å²) >= 11 is 3.34. The van der Waals surface area contributed by atoms with Crippen molar-refractivity contribution < 1.29 is 19.1 Å². The fourth-order valence-corrected chi connectivity index (χ4v) is 2.63. The summed E-state index contributed by atoms with van der Waals surface area (Å²) in [6.07, 6.45) is 0. The summed E-state index contributed by atoms with van der Waals surface area (Å²) in [4.78, 5) is 24.3. The summed E-state index contributed by atoms with van der Waals surface area (Å²) in [6, 6.07) is 12.1. The molecule has 0 aliphatic carbocycles. The number of halogens is 1. The first-order chi connectivity index (χ1) is 12.5. The topological polar surface area (TPSA) is 76.7 Å². The van der Waals surface area contributed by atoms with Crippen LogP contribution in [0.15, 0.2) is 46.9 Å². The molecule has 0 atom stereocenters. The number of hydrogen-bond donors (Lipinski definition) is 2. The highest BCUT2D eigenvalue weighted by atomic mass is 79.9. The van der Waals surface area contributed by atoms with Gasteiger partial charge < -0.3 is 20.1 Å². The highest BCUT2D eigenvalue weighted by molar-refractivity contribution is 9.10. The van der Waals surface area contributed by atoms with Crippen molar-refractivity contribution in [3.63, 3.8) is 0 Å². The van der Waals surface area contributed by atoms with Crippen LogP contribution in [0.4, 0.5) is 5.69 Å². The molecule has 0 spiro atoms. The summed E-state index contributed by atoms with van der Waals surface area (Å²) in [7, 11) is 0. The van der Waals surface area contributed by atoms with Gasteiger partial charge >= 0.3 is 0 Å².